The van der Waals surface area contributed by atoms with Gasteiger partial charge in [-0.25, -0.2) is 4.39 Å². The molecule has 0 spiro atoms. The first-order valence-electron chi connectivity index (χ1n) is 11.5. The minimum absolute atomic E-state index is 0.143. The number of nitrogens with zero attached hydrogens (tertiary/aromatic N) is 1. The van der Waals surface area contributed by atoms with Gasteiger partial charge in [0.1, 0.15) is 11.9 Å². The monoisotopic (exact) mass is 437 g/mol. The highest BCUT2D eigenvalue weighted by molar-refractivity contribution is 5.83. The lowest BCUT2D eigenvalue weighted by Gasteiger charge is -2.29. The molecule has 0 amide bonds. The third-order valence-electron chi connectivity index (χ3n) is 5.47. The van der Waals surface area contributed by atoms with Crippen LogP contribution in [0, 0.1) is 12.7 Å². The van der Waals surface area contributed by atoms with Gasteiger partial charge in [-0.05, 0) is 69.0 Å². The van der Waals surface area contributed by atoms with Crippen LogP contribution in [-0.4, -0.2) is 30.1 Å². The van der Waals surface area contributed by atoms with E-state index in [9.17, 15) is 9.18 Å². The molecule has 1 aliphatic heterocycles. The summed E-state index contributed by atoms with van der Waals surface area (Å²) in [5.74, 6) is -0.401. The molecule has 0 N–H and O–H groups in total. The summed E-state index contributed by atoms with van der Waals surface area (Å²) >= 11 is 0. The first kappa shape index (κ1) is 25.4. The second-order valence-corrected chi connectivity index (χ2v) is 8.12. The molecule has 0 aliphatic carbocycles. The first-order valence-corrected chi connectivity index (χ1v) is 11.5. The van der Waals surface area contributed by atoms with Gasteiger partial charge in [-0.2, -0.15) is 0 Å². The molecule has 172 valence electrons. The van der Waals surface area contributed by atoms with Crippen LogP contribution in [0.2, 0.25) is 0 Å². The van der Waals surface area contributed by atoms with Crippen LogP contribution in [0.1, 0.15) is 63.6 Å². The Kier molecular flexibility index (Phi) is 9.70. The number of ether oxygens (including phenoxy) is 1. The molecule has 0 radical (unpaired) electrons. The Bertz CT molecular complexity index is 944. The molecule has 1 fully saturated rings. The number of cyclic esters (lactones) is 1. The molecule has 4 heteroatoms. The van der Waals surface area contributed by atoms with E-state index >= 15 is 0 Å². The van der Waals surface area contributed by atoms with Crippen molar-refractivity contribution < 1.29 is 13.9 Å². The highest BCUT2D eigenvalue weighted by Crippen LogP contribution is 2.31. The number of likely N-dealkylation sites (N-methyl/N-ethyl adjacent to an activating group) is 1. The van der Waals surface area contributed by atoms with Crippen molar-refractivity contribution >= 4 is 11.5 Å². The Balaban J connectivity index is 0.00000176. The van der Waals surface area contributed by atoms with Gasteiger partial charge in [-0.1, -0.05) is 55.8 Å². The zero-order valence-electron chi connectivity index (χ0n) is 20.2. The van der Waals surface area contributed by atoms with E-state index < -0.39 is 0 Å². The quantitative estimate of drug-likeness (QED) is 0.363. The Morgan fingerprint density at radius 3 is 2.41 bits per heavy atom. The van der Waals surface area contributed by atoms with Crippen molar-refractivity contribution in [3.8, 4) is 0 Å². The summed E-state index contributed by atoms with van der Waals surface area (Å²) < 4.78 is 19.1. The SMILES string of the molecule is CC.Cc1cccc(/C(=C(/C=C/[C@@H]2CCCC(=O)O2)N(C)C(C)C)c2ccc(F)cc2)c1. The predicted octanol–water partition coefficient (Wildman–Crippen LogP) is 6.91. The minimum Gasteiger partial charge on any atom is -0.458 e. The molecule has 1 atom stereocenters. The Morgan fingerprint density at radius 2 is 1.81 bits per heavy atom. The fourth-order valence-corrected chi connectivity index (χ4v) is 3.60. The van der Waals surface area contributed by atoms with Crippen LogP contribution < -0.4 is 0 Å². The van der Waals surface area contributed by atoms with Gasteiger partial charge in [-0.15, -0.1) is 0 Å². The summed E-state index contributed by atoms with van der Waals surface area (Å²) in [6.07, 6.45) is 5.97. The molecule has 0 bridgehead atoms. The molecule has 3 nitrogen and oxygen atoms in total. The van der Waals surface area contributed by atoms with Crippen molar-refractivity contribution in [3.05, 3.63) is 88.9 Å². The largest absolute Gasteiger partial charge is 0.458 e. The highest BCUT2D eigenvalue weighted by Gasteiger charge is 2.20. The smallest absolute Gasteiger partial charge is 0.306 e. The fourth-order valence-electron chi connectivity index (χ4n) is 3.60. The topological polar surface area (TPSA) is 29.5 Å². The van der Waals surface area contributed by atoms with Crippen LogP contribution in [0.5, 0.6) is 0 Å². The lowest BCUT2D eigenvalue weighted by atomic mass is 9.93. The molecule has 0 unspecified atom stereocenters. The first-order chi connectivity index (χ1) is 15.3. The number of carbonyl (C=O) groups excluding carboxylic acids is 1. The number of rotatable bonds is 6. The zero-order chi connectivity index (χ0) is 23.7. The summed E-state index contributed by atoms with van der Waals surface area (Å²) in [7, 11) is 2.05. The number of carbonyl (C=O) groups is 1. The Labute approximate surface area is 192 Å². The summed E-state index contributed by atoms with van der Waals surface area (Å²) in [4.78, 5) is 13.9. The van der Waals surface area contributed by atoms with Crippen molar-refractivity contribution in [3.63, 3.8) is 0 Å². The van der Waals surface area contributed by atoms with E-state index in [1.807, 2.05) is 44.2 Å². The van der Waals surface area contributed by atoms with Crippen LogP contribution in [0.15, 0.2) is 66.4 Å². The highest BCUT2D eigenvalue weighted by atomic mass is 19.1. The van der Waals surface area contributed by atoms with Gasteiger partial charge in [0.05, 0.1) is 0 Å². The van der Waals surface area contributed by atoms with Crippen LogP contribution >= 0.6 is 0 Å². The number of halogens is 1. The van der Waals surface area contributed by atoms with Gasteiger partial charge < -0.3 is 9.64 Å². The molecule has 0 aromatic heterocycles. The predicted molar refractivity (Wildman–Crippen MR) is 131 cm³/mol. The van der Waals surface area contributed by atoms with Gasteiger partial charge in [-0.3, -0.25) is 4.79 Å². The molecule has 1 heterocycles. The Morgan fingerprint density at radius 1 is 1.12 bits per heavy atom. The van der Waals surface area contributed by atoms with Crippen molar-refractivity contribution in [2.24, 2.45) is 0 Å². The second-order valence-electron chi connectivity index (χ2n) is 8.12. The van der Waals surface area contributed by atoms with Gasteiger partial charge in [0.2, 0.25) is 0 Å². The Hall–Kier alpha value is -2.88. The van der Waals surface area contributed by atoms with Gasteiger partial charge in [0.25, 0.3) is 0 Å². The van der Waals surface area contributed by atoms with E-state index in [1.165, 1.54) is 12.1 Å². The van der Waals surface area contributed by atoms with Gasteiger partial charge in [0.15, 0.2) is 0 Å². The summed E-state index contributed by atoms with van der Waals surface area (Å²) in [6.45, 7) is 10.3. The molecule has 32 heavy (non-hydrogen) atoms. The molecular formula is C28H36FNO2. The summed E-state index contributed by atoms with van der Waals surface area (Å²) in [6, 6.07) is 15.2. The lowest BCUT2D eigenvalue weighted by Crippen LogP contribution is -2.27. The maximum absolute atomic E-state index is 13.6. The maximum Gasteiger partial charge on any atom is 0.306 e. The van der Waals surface area contributed by atoms with E-state index in [0.29, 0.717) is 6.42 Å². The second kappa shape index (κ2) is 12.2. The van der Waals surface area contributed by atoms with Crippen molar-refractivity contribution in [2.75, 3.05) is 7.05 Å². The maximum atomic E-state index is 13.6. The molecule has 0 saturated carbocycles. The van der Waals surface area contributed by atoms with Gasteiger partial charge in [0, 0.05) is 30.8 Å². The summed E-state index contributed by atoms with van der Waals surface area (Å²) in [5, 5.41) is 0. The number of hydrogen-bond donors (Lipinski definition) is 0. The molecule has 3 rings (SSSR count). The van der Waals surface area contributed by atoms with Crippen molar-refractivity contribution in [1.29, 1.82) is 0 Å². The third kappa shape index (κ3) is 6.81. The fraction of sp³-hybridized carbons (Fsp3) is 0.393. The average Bonchev–Trinajstić information content (AvgIpc) is 2.78. The molecule has 2 aromatic rings. The number of hydrogen-bond acceptors (Lipinski definition) is 3. The molecular weight excluding hydrogens is 401 g/mol. The standard InChI is InChI=1S/C26H30FNO2.C2H6/c1-18(2)28(4)24(16-15-23-9-6-10-25(29)30-23)26(20-11-13-22(27)14-12-20)21-8-5-7-19(3)17-21;1-2/h5,7-8,11-18,23H,6,9-10H2,1-4H3;1-2H3/b16-15+,26-24-;/t23-;/m0./s1. The number of aryl methyl sites for hydroxylation is 1. The van der Waals surface area contributed by atoms with Crippen molar-refractivity contribution in [2.45, 2.75) is 66.0 Å². The van der Waals surface area contributed by atoms with E-state index in [0.717, 1.165) is 40.8 Å². The molecule has 2 aromatic carbocycles. The number of allylic oxidation sites excluding steroid dienone is 1. The lowest BCUT2D eigenvalue weighted by molar-refractivity contribution is -0.150. The van der Waals surface area contributed by atoms with Crippen LogP contribution in [0.4, 0.5) is 4.39 Å². The van der Waals surface area contributed by atoms with Gasteiger partial charge >= 0.3 is 5.97 Å². The minimum atomic E-state index is -0.259. The van der Waals surface area contributed by atoms with E-state index in [2.05, 4.69) is 50.9 Å². The average molecular weight is 438 g/mol. The number of esters is 1. The van der Waals surface area contributed by atoms with Crippen molar-refractivity contribution in [1.82, 2.24) is 4.90 Å². The van der Waals surface area contributed by atoms with E-state index in [-0.39, 0.29) is 23.9 Å². The normalized spacial score (nSPS) is 16.9. The van der Waals surface area contributed by atoms with E-state index in [4.69, 9.17) is 4.74 Å². The third-order valence-corrected chi connectivity index (χ3v) is 5.47. The van der Waals surface area contributed by atoms with Crippen LogP contribution in [0.3, 0.4) is 0 Å². The zero-order valence-corrected chi connectivity index (χ0v) is 20.2. The van der Waals surface area contributed by atoms with Crippen LogP contribution in [0.25, 0.3) is 5.57 Å². The molecule has 1 saturated heterocycles. The van der Waals surface area contributed by atoms with Crippen LogP contribution in [-0.2, 0) is 9.53 Å². The van der Waals surface area contributed by atoms with E-state index in [1.54, 1.807) is 0 Å². The number of benzene rings is 2. The summed E-state index contributed by atoms with van der Waals surface area (Å²) in [5.41, 5.74) is 5.19. The molecule has 1 aliphatic rings.